The summed E-state index contributed by atoms with van der Waals surface area (Å²) in [6.07, 6.45) is 2.47. The molecule has 1 saturated heterocycles. The van der Waals surface area contributed by atoms with E-state index in [0.29, 0.717) is 6.42 Å². The van der Waals surface area contributed by atoms with Gasteiger partial charge in [0.05, 0.1) is 30.0 Å². The van der Waals surface area contributed by atoms with Crippen molar-refractivity contribution in [3.8, 4) is 6.07 Å². The number of benzene rings is 1. The summed E-state index contributed by atoms with van der Waals surface area (Å²) < 4.78 is 20.1. The molecule has 1 fully saturated rings. The van der Waals surface area contributed by atoms with Crippen LogP contribution >= 0.6 is 11.6 Å². The van der Waals surface area contributed by atoms with E-state index in [0.717, 1.165) is 32.1 Å². The van der Waals surface area contributed by atoms with Crippen LogP contribution in [0.2, 0.25) is 5.15 Å². The van der Waals surface area contributed by atoms with Gasteiger partial charge in [-0.3, -0.25) is 14.4 Å². The first-order valence-electron chi connectivity index (χ1n) is 10.6. The van der Waals surface area contributed by atoms with Gasteiger partial charge in [0.25, 0.3) is 5.91 Å². The quantitative estimate of drug-likeness (QED) is 0.326. The lowest BCUT2D eigenvalue weighted by atomic mass is 9.83. The first kappa shape index (κ1) is 24.6. The molecule has 2 heterocycles. The molecule has 3 rings (SSSR count). The molecule has 1 N–H and O–H groups in total. The first-order valence-corrected chi connectivity index (χ1v) is 11.0. The molecular formula is C24H25ClFN3O4. The maximum Gasteiger partial charge on any atom is 0.259 e. The maximum atomic E-state index is 13.5. The topological polar surface area (TPSA) is 101 Å². The van der Waals surface area contributed by atoms with Gasteiger partial charge in [-0.1, -0.05) is 24.9 Å². The van der Waals surface area contributed by atoms with Crippen molar-refractivity contribution in [3.63, 3.8) is 0 Å². The number of nitrogens with one attached hydrogen (secondary N) is 1. The summed E-state index contributed by atoms with van der Waals surface area (Å²) in [5, 5.41) is 11.5. The lowest BCUT2D eigenvalue weighted by molar-refractivity contribution is -0.116. The average Bonchev–Trinajstić information content (AvgIpc) is 2.98. The number of carbonyl (C=O) groups is 3. The third kappa shape index (κ3) is 5.15. The molecular weight excluding hydrogens is 449 g/mol. The minimum Gasteiger partial charge on any atom is -0.380 e. The van der Waals surface area contributed by atoms with Crippen molar-refractivity contribution in [2.45, 2.75) is 39.5 Å². The van der Waals surface area contributed by atoms with Gasteiger partial charge in [-0.25, -0.2) is 4.39 Å². The average molecular weight is 474 g/mol. The molecule has 0 unspecified atom stereocenters. The molecule has 0 saturated carbocycles. The second-order valence-electron chi connectivity index (χ2n) is 8.72. The van der Waals surface area contributed by atoms with E-state index in [4.69, 9.17) is 21.6 Å². The number of unbranched alkanes of at least 4 members (excludes halogenated alkanes) is 1. The number of hydrogen-bond acceptors (Lipinski definition) is 5. The van der Waals surface area contributed by atoms with Crippen LogP contribution < -0.4 is 5.32 Å². The predicted molar refractivity (Wildman–Crippen MR) is 121 cm³/mol. The van der Waals surface area contributed by atoms with Gasteiger partial charge in [-0.05, 0) is 43.5 Å². The van der Waals surface area contributed by atoms with Crippen molar-refractivity contribution in [3.05, 3.63) is 51.6 Å². The Morgan fingerprint density at radius 1 is 1.30 bits per heavy atom. The van der Waals surface area contributed by atoms with Crippen LogP contribution in [0.25, 0.3) is 0 Å². The number of nitriles is 1. The highest BCUT2D eigenvalue weighted by Crippen LogP contribution is 2.33. The van der Waals surface area contributed by atoms with Gasteiger partial charge in [-0.2, -0.15) is 5.26 Å². The largest absolute Gasteiger partial charge is 0.380 e. The fraction of sp³-hybridized carbons (Fsp3) is 0.417. The van der Waals surface area contributed by atoms with E-state index >= 15 is 0 Å². The molecule has 1 aliphatic heterocycles. The third-order valence-corrected chi connectivity index (χ3v) is 6.38. The van der Waals surface area contributed by atoms with Crippen molar-refractivity contribution in [2.75, 3.05) is 18.5 Å². The normalized spacial score (nSPS) is 14.3. The lowest BCUT2D eigenvalue weighted by Crippen LogP contribution is -2.39. The molecule has 0 spiro atoms. The summed E-state index contributed by atoms with van der Waals surface area (Å²) in [4.78, 5) is 38.2. The second-order valence-corrected chi connectivity index (χ2v) is 9.08. The van der Waals surface area contributed by atoms with Crippen LogP contribution in [0.15, 0.2) is 18.2 Å². The Labute approximate surface area is 196 Å². The molecule has 0 aliphatic carbocycles. The third-order valence-electron chi connectivity index (χ3n) is 5.94. The molecule has 7 nitrogen and oxygen atoms in total. The molecule has 33 heavy (non-hydrogen) atoms. The Kier molecular flexibility index (Phi) is 7.35. The summed E-state index contributed by atoms with van der Waals surface area (Å²) in [5.41, 5.74) is 0.522. The molecule has 174 valence electrons. The standard InChI is InChI=1S/C24H25ClFN3O4/c1-14-19(23(32)28-16-7-8-17(26)15(10-16)11-27)22(25)29(3)20(14)21(31)18(30)6-4-5-9-24(2)12-33-13-24/h7-8,10H,4-6,9,12-13H2,1-3H3,(H,28,32). The number of halogens is 2. The minimum atomic E-state index is -0.703. The molecule has 2 aromatic rings. The van der Waals surface area contributed by atoms with E-state index < -0.39 is 23.3 Å². The van der Waals surface area contributed by atoms with Crippen LogP contribution in [0.4, 0.5) is 10.1 Å². The van der Waals surface area contributed by atoms with E-state index in [1.807, 2.05) is 0 Å². The van der Waals surface area contributed by atoms with Gasteiger partial charge >= 0.3 is 0 Å². The molecule has 0 radical (unpaired) electrons. The zero-order valence-corrected chi connectivity index (χ0v) is 19.5. The molecule has 1 aliphatic rings. The van der Waals surface area contributed by atoms with Crippen molar-refractivity contribution >= 4 is 34.8 Å². The first-order chi connectivity index (χ1) is 15.6. The SMILES string of the molecule is Cc1c(C(=O)Nc2ccc(F)c(C#N)c2)c(Cl)n(C)c1C(=O)C(=O)CCCCC1(C)COC1. The van der Waals surface area contributed by atoms with E-state index in [1.165, 1.54) is 23.7 Å². The predicted octanol–water partition coefficient (Wildman–Crippen LogP) is 4.60. The van der Waals surface area contributed by atoms with E-state index in [2.05, 4.69) is 12.2 Å². The van der Waals surface area contributed by atoms with E-state index in [9.17, 15) is 18.8 Å². The molecule has 1 aromatic carbocycles. The molecule has 9 heteroatoms. The highest BCUT2D eigenvalue weighted by molar-refractivity contribution is 6.44. The highest BCUT2D eigenvalue weighted by Gasteiger charge is 2.33. The van der Waals surface area contributed by atoms with Gasteiger partial charge in [0.15, 0.2) is 0 Å². The molecule has 1 amide bonds. The molecule has 0 atom stereocenters. The van der Waals surface area contributed by atoms with E-state index in [-0.39, 0.29) is 45.1 Å². The second kappa shape index (κ2) is 9.86. The fourth-order valence-electron chi connectivity index (χ4n) is 3.94. The van der Waals surface area contributed by atoms with Crippen LogP contribution in [0.3, 0.4) is 0 Å². The zero-order chi connectivity index (χ0) is 24.3. The maximum absolute atomic E-state index is 13.5. The van der Waals surface area contributed by atoms with Crippen molar-refractivity contribution in [2.24, 2.45) is 12.5 Å². The highest BCUT2D eigenvalue weighted by atomic mass is 35.5. The monoisotopic (exact) mass is 473 g/mol. The van der Waals surface area contributed by atoms with Crippen LogP contribution in [0.1, 0.15) is 64.6 Å². The van der Waals surface area contributed by atoms with Gasteiger partial charge < -0.3 is 14.6 Å². The van der Waals surface area contributed by atoms with Gasteiger partial charge in [-0.15, -0.1) is 0 Å². The number of aromatic nitrogens is 1. The van der Waals surface area contributed by atoms with Gasteiger partial charge in [0, 0.05) is 24.6 Å². The number of nitrogens with zero attached hydrogens (tertiary/aromatic N) is 2. The number of hydrogen-bond donors (Lipinski definition) is 1. The number of anilines is 1. The van der Waals surface area contributed by atoms with Crippen LogP contribution in [-0.4, -0.2) is 35.3 Å². The van der Waals surface area contributed by atoms with Crippen LogP contribution in [0, 0.1) is 29.5 Å². The van der Waals surface area contributed by atoms with Gasteiger partial charge in [0.2, 0.25) is 11.6 Å². The minimum absolute atomic E-state index is 0.00155. The number of carbonyl (C=O) groups excluding carboxylic acids is 3. The van der Waals surface area contributed by atoms with Crippen molar-refractivity contribution in [1.82, 2.24) is 4.57 Å². The Hall–Kier alpha value is -3.02. The van der Waals surface area contributed by atoms with Crippen LogP contribution in [-0.2, 0) is 16.6 Å². The summed E-state index contributed by atoms with van der Waals surface area (Å²) in [7, 11) is 1.51. The van der Waals surface area contributed by atoms with Crippen LogP contribution in [0.5, 0.6) is 0 Å². The number of amides is 1. The Balaban J connectivity index is 1.71. The number of ketones is 2. The summed E-state index contributed by atoms with van der Waals surface area (Å²) in [6.45, 7) is 5.13. The molecule has 0 bridgehead atoms. The van der Waals surface area contributed by atoms with Crippen molar-refractivity contribution < 1.29 is 23.5 Å². The summed E-state index contributed by atoms with van der Waals surface area (Å²) in [5.74, 6) is -2.56. The number of ether oxygens (including phenoxy) is 1. The summed E-state index contributed by atoms with van der Waals surface area (Å²) in [6, 6.07) is 5.28. The smallest absolute Gasteiger partial charge is 0.259 e. The van der Waals surface area contributed by atoms with Crippen molar-refractivity contribution in [1.29, 1.82) is 5.26 Å². The fourth-order valence-corrected chi connectivity index (χ4v) is 4.25. The number of Topliss-reactive ketones (excluding diaryl/α,β-unsaturated/α-hetero) is 2. The van der Waals surface area contributed by atoms with Gasteiger partial charge in [0.1, 0.15) is 17.0 Å². The number of rotatable bonds is 9. The molecule has 1 aromatic heterocycles. The lowest BCUT2D eigenvalue weighted by Gasteiger charge is -2.38. The van der Waals surface area contributed by atoms with E-state index in [1.54, 1.807) is 13.0 Å². The Morgan fingerprint density at radius 3 is 2.61 bits per heavy atom. The Bertz CT molecular complexity index is 1160. The summed E-state index contributed by atoms with van der Waals surface area (Å²) >= 11 is 6.33. The Morgan fingerprint density at radius 2 is 2.00 bits per heavy atom. The zero-order valence-electron chi connectivity index (χ0n) is 18.8.